The van der Waals surface area contributed by atoms with Gasteiger partial charge in [0.15, 0.2) is 0 Å². The SMILES string of the molecule is CC1CN(CC(C#N)c2ccccc2)CCC1O. The Balaban J connectivity index is 1.98. The van der Waals surface area contributed by atoms with Crippen LogP contribution in [0.4, 0.5) is 0 Å². The Kier molecular flexibility index (Phi) is 4.35. The van der Waals surface area contributed by atoms with Crippen molar-refractivity contribution in [2.45, 2.75) is 25.4 Å². The van der Waals surface area contributed by atoms with Crippen LogP contribution in [0, 0.1) is 17.2 Å². The molecular weight excluding hydrogens is 224 g/mol. The molecule has 1 heterocycles. The van der Waals surface area contributed by atoms with Crippen molar-refractivity contribution < 1.29 is 5.11 Å². The fourth-order valence-corrected chi connectivity index (χ4v) is 2.55. The number of aliphatic hydroxyl groups is 1. The van der Waals surface area contributed by atoms with E-state index < -0.39 is 0 Å². The van der Waals surface area contributed by atoms with Gasteiger partial charge in [-0.1, -0.05) is 37.3 Å². The molecule has 0 amide bonds. The molecule has 0 aliphatic carbocycles. The zero-order valence-corrected chi connectivity index (χ0v) is 10.8. The molecule has 3 unspecified atom stereocenters. The van der Waals surface area contributed by atoms with Gasteiger partial charge in [-0.25, -0.2) is 0 Å². The number of nitriles is 1. The Morgan fingerprint density at radius 2 is 2.17 bits per heavy atom. The van der Waals surface area contributed by atoms with E-state index in [1.165, 1.54) is 0 Å². The maximum absolute atomic E-state index is 9.71. The average molecular weight is 244 g/mol. The summed E-state index contributed by atoms with van der Waals surface area (Å²) in [7, 11) is 0. The monoisotopic (exact) mass is 244 g/mol. The second kappa shape index (κ2) is 5.99. The van der Waals surface area contributed by atoms with E-state index in [-0.39, 0.29) is 12.0 Å². The summed E-state index contributed by atoms with van der Waals surface area (Å²) < 4.78 is 0. The lowest BCUT2D eigenvalue weighted by Gasteiger charge is -2.35. The van der Waals surface area contributed by atoms with Crippen molar-refractivity contribution in [2.24, 2.45) is 5.92 Å². The van der Waals surface area contributed by atoms with E-state index in [4.69, 9.17) is 0 Å². The van der Waals surface area contributed by atoms with Gasteiger partial charge in [0, 0.05) is 19.6 Å². The lowest BCUT2D eigenvalue weighted by atomic mass is 9.94. The van der Waals surface area contributed by atoms with Gasteiger partial charge >= 0.3 is 0 Å². The van der Waals surface area contributed by atoms with Gasteiger partial charge in [0.25, 0.3) is 0 Å². The van der Waals surface area contributed by atoms with Crippen LogP contribution >= 0.6 is 0 Å². The fraction of sp³-hybridized carbons (Fsp3) is 0.533. The molecule has 0 aromatic heterocycles. The molecule has 96 valence electrons. The van der Waals surface area contributed by atoms with Gasteiger partial charge < -0.3 is 10.0 Å². The van der Waals surface area contributed by atoms with Gasteiger partial charge in [-0.15, -0.1) is 0 Å². The van der Waals surface area contributed by atoms with Crippen molar-refractivity contribution in [3.8, 4) is 6.07 Å². The first kappa shape index (κ1) is 13.1. The summed E-state index contributed by atoms with van der Waals surface area (Å²) in [5.74, 6) is 0.225. The molecule has 3 atom stereocenters. The molecule has 1 aromatic carbocycles. The zero-order chi connectivity index (χ0) is 13.0. The van der Waals surface area contributed by atoms with E-state index in [9.17, 15) is 10.4 Å². The van der Waals surface area contributed by atoms with Crippen LogP contribution in [0.25, 0.3) is 0 Å². The van der Waals surface area contributed by atoms with Gasteiger partial charge in [-0.05, 0) is 17.9 Å². The number of hydrogen-bond donors (Lipinski definition) is 1. The highest BCUT2D eigenvalue weighted by atomic mass is 16.3. The summed E-state index contributed by atoms with van der Waals surface area (Å²) in [6, 6.07) is 12.3. The summed E-state index contributed by atoms with van der Waals surface area (Å²) in [4.78, 5) is 2.29. The van der Waals surface area contributed by atoms with Gasteiger partial charge in [0.05, 0.1) is 18.1 Å². The lowest BCUT2D eigenvalue weighted by Crippen LogP contribution is -2.43. The number of benzene rings is 1. The molecule has 1 N–H and O–H groups in total. The quantitative estimate of drug-likeness (QED) is 0.884. The van der Waals surface area contributed by atoms with E-state index in [0.717, 1.165) is 31.6 Å². The zero-order valence-electron chi connectivity index (χ0n) is 10.8. The lowest BCUT2D eigenvalue weighted by molar-refractivity contribution is 0.0344. The third kappa shape index (κ3) is 3.10. The fourth-order valence-electron chi connectivity index (χ4n) is 2.55. The van der Waals surface area contributed by atoms with Crippen molar-refractivity contribution in [1.29, 1.82) is 5.26 Å². The average Bonchev–Trinajstić information content (AvgIpc) is 2.41. The Labute approximate surface area is 109 Å². The number of aliphatic hydroxyl groups excluding tert-OH is 1. The molecule has 1 fully saturated rings. The predicted molar refractivity (Wildman–Crippen MR) is 71.0 cm³/mol. The first-order chi connectivity index (χ1) is 8.70. The van der Waals surface area contributed by atoms with E-state index in [0.29, 0.717) is 5.92 Å². The molecule has 0 saturated carbocycles. The number of nitrogens with zero attached hydrogens (tertiary/aromatic N) is 2. The van der Waals surface area contributed by atoms with Crippen molar-refractivity contribution >= 4 is 0 Å². The normalized spacial score (nSPS) is 26.5. The Hall–Kier alpha value is -1.37. The van der Waals surface area contributed by atoms with Crippen LogP contribution < -0.4 is 0 Å². The third-order valence-electron chi connectivity index (χ3n) is 3.74. The minimum Gasteiger partial charge on any atom is -0.393 e. The smallest absolute Gasteiger partial charge is 0.0839 e. The van der Waals surface area contributed by atoms with E-state index in [2.05, 4.69) is 17.9 Å². The highest BCUT2D eigenvalue weighted by molar-refractivity contribution is 5.25. The molecule has 0 spiro atoms. The van der Waals surface area contributed by atoms with Crippen molar-refractivity contribution in [1.82, 2.24) is 4.90 Å². The van der Waals surface area contributed by atoms with Gasteiger partial charge in [-0.3, -0.25) is 0 Å². The van der Waals surface area contributed by atoms with Crippen molar-refractivity contribution in [3.63, 3.8) is 0 Å². The molecule has 0 bridgehead atoms. The highest BCUT2D eigenvalue weighted by Crippen LogP contribution is 2.21. The Bertz CT molecular complexity index is 412. The maximum Gasteiger partial charge on any atom is 0.0839 e. The van der Waals surface area contributed by atoms with Crippen LogP contribution in [0.3, 0.4) is 0 Å². The highest BCUT2D eigenvalue weighted by Gasteiger charge is 2.26. The summed E-state index contributed by atoms with van der Waals surface area (Å²) in [5, 5.41) is 19.0. The predicted octanol–water partition coefficient (Wildman–Crippen LogP) is 2.00. The largest absolute Gasteiger partial charge is 0.393 e. The van der Waals surface area contributed by atoms with Gasteiger partial charge in [0.1, 0.15) is 0 Å². The van der Waals surface area contributed by atoms with Gasteiger partial charge in [0.2, 0.25) is 0 Å². The molecule has 1 aromatic rings. The molecular formula is C15H20N2O. The van der Waals surface area contributed by atoms with Crippen LogP contribution in [0.1, 0.15) is 24.8 Å². The third-order valence-corrected chi connectivity index (χ3v) is 3.74. The summed E-state index contributed by atoms with van der Waals surface area (Å²) in [6.07, 6.45) is 0.632. The molecule has 0 radical (unpaired) electrons. The standard InChI is InChI=1S/C15H20N2O/c1-12-10-17(8-7-15(12)18)11-14(9-16)13-5-3-2-4-6-13/h2-6,12,14-15,18H,7-8,10-11H2,1H3. The van der Waals surface area contributed by atoms with E-state index in [1.54, 1.807) is 0 Å². The van der Waals surface area contributed by atoms with E-state index in [1.807, 2.05) is 30.3 Å². The molecule has 2 rings (SSSR count). The molecule has 18 heavy (non-hydrogen) atoms. The van der Waals surface area contributed by atoms with Gasteiger partial charge in [-0.2, -0.15) is 5.26 Å². The first-order valence-corrected chi connectivity index (χ1v) is 6.55. The minimum atomic E-state index is -0.182. The number of likely N-dealkylation sites (tertiary alicyclic amines) is 1. The van der Waals surface area contributed by atoms with Crippen LogP contribution in [-0.2, 0) is 0 Å². The molecule has 1 aliphatic rings. The van der Waals surface area contributed by atoms with Crippen molar-refractivity contribution in [3.05, 3.63) is 35.9 Å². The number of hydrogen-bond acceptors (Lipinski definition) is 3. The number of piperidine rings is 1. The van der Waals surface area contributed by atoms with Crippen LogP contribution in [-0.4, -0.2) is 35.7 Å². The summed E-state index contributed by atoms with van der Waals surface area (Å²) in [6.45, 7) is 4.60. The summed E-state index contributed by atoms with van der Waals surface area (Å²) >= 11 is 0. The molecule has 1 aliphatic heterocycles. The topological polar surface area (TPSA) is 47.3 Å². The second-order valence-corrected chi connectivity index (χ2v) is 5.19. The Morgan fingerprint density at radius 1 is 1.44 bits per heavy atom. The first-order valence-electron chi connectivity index (χ1n) is 6.55. The van der Waals surface area contributed by atoms with Crippen LogP contribution in [0.5, 0.6) is 0 Å². The Morgan fingerprint density at radius 3 is 2.78 bits per heavy atom. The maximum atomic E-state index is 9.71. The molecule has 3 heteroatoms. The molecule has 1 saturated heterocycles. The number of rotatable bonds is 3. The minimum absolute atomic E-state index is 0.0753. The van der Waals surface area contributed by atoms with Crippen molar-refractivity contribution in [2.75, 3.05) is 19.6 Å². The van der Waals surface area contributed by atoms with E-state index >= 15 is 0 Å². The summed E-state index contributed by atoms with van der Waals surface area (Å²) in [5.41, 5.74) is 1.08. The van der Waals surface area contributed by atoms with Crippen LogP contribution in [0.15, 0.2) is 30.3 Å². The second-order valence-electron chi connectivity index (χ2n) is 5.19. The molecule has 3 nitrogen and oxygen atoms in total. The van der Waals surface area contributed by atoms with Crippen LogP contribution in [0.2, 0.25) is 0 Å².